The lowest BCUT2D eigenvalue weighted by Gasteiger charge is -2.07. The van der Waals surface area contributed by atoms with Gasteiger partial charge in [0.2, 0.25) is 5.88 Å². The molecule has 0 fully saturated rings. The number of ether oxygens (including phenoxy) is 1. The Morgan fingerprint density at radius 3 is 2.67 bits per heavy atom. The van der Waals surface area contributed by atoms with Crippen molar-refractivity contribution in [2.75, 3.05) is 0 Å². The van der Waals surface area contributed by atoms with Crippen molar-refractivity contribution in [1.82, 2.24) is 4.98 Å². The number of aromatic nitrogens is 1. The molecule has 0 amide bonds. The molecular formula is C14H14N2O2. The van der Waals surface area contributed by atoms with Crippen molar-refractivity contribution < 1.29 is 9.94 Å². The van der Waals surface area contributed by atoms with Crippen LogP contribution in [0.2, 0.25) is 0 Å². The zero-order valence-electron chi connectivity index (χ0n) is 10.1. The van der Waals surface area contributed by atoms with Gasteiger partial charge in [0.1, 0.15) is 6.61 Å². The smallest absolute Gasteiger partial charge is 0.213 e. The summed E-state index contributed by atoms with van der Waals surface area (Å²) in [5.41, 5.74) is 2.63. The fourth-order valence-corrected chi connectivity index (χ4v) is 1.56. The van der Waals surface area contributed by atoms with E-state index in [4.69, 9.17) is 9.94 Å². The Labute approximate surface area is 106 Å². The minimum Gasteiger partial charge on any atom is -0.473 e. The second-order valence-electron chi connectivity index (χ2n) is 3.84. The summed E-state index contributed by atoms with van der Waals surface area (Å²) in [5, 5.41) is 11.5. The first-order valence-electron chi connectivity index (χ1n) is 5.61. The van der Waals surface area contributed by atoms with Crippen molar-refractivity contribution in [1.29, 1.82) is 0 Å². The Morgan fingerprint density at radius 1 is 1.22 bits per heavy atom. The number of aryl methyl sites for hydroxylation is 1. The van der Waals surface area contributed by atoms with Gasteiger partial charge in [0.05, 0.1) is 11.9 Å². The van der Waals surface area contributed by atoms with E-state index in [9.17, 15) is 0 Å². The number of oxime groups is 1. The van der Waals surface area contributed by atoms with Gasteiger partial charge >= 0.3 is 0 Å². The molecule has 92 valence electrons. The molecule has 2 rings (SSSR count). The maximum atomic E-state index is 8.48. The number of benzene rings is 1. The summed E-state index contributed by atoms with van der Waals surface area (Å²) in [5.74, 6) is 0.562. The van der Waals surface area contributed by atoms with Crippen LogP contribution in [0.25, 0.3) is 0 Å². The molecular weight excluding hydrogens is 228 g/mol. The first kappa shape index (κ1) is 12.1. The summed E-state index contributed by atoms with van der Waals surface area (Å²) in [4.78, 5) is 4.28. The molecule has 4 heteroatoms. The molecule has 0 saturated heterocycles. The third-order valence-electron chi connectivity index (χ3n) is 2.53. The van der Waals surface area contributed by atoms with E-state index in [1.54, 1.807) is 6.07 Å². The highest BCUT2D eigenvalue weighted by molar-refractivity contribution is 5.80. The fraction of sp³-hybridized carbons (Fsp3) is 0.143. The van der Waals surface area contributed by atoms with Crippen molar-refractivity contribution in [3.05, 3.63) is 59.3 Å². The SMILES string of the molecule is Cc1nc(OCc2ccccc2)ccc1/C=N\O. The lowest BCUT2D eigenvalue weighted by Crippen LogP contribution is -1.99. The molecule has 0 radical (unpaired) electrons. The molecule has 0 spiro atoms. The van der Waals surface area contributed by atoms with E-state index in [0.717, 1.165) is 16.8 Å². The van der Waals surface area contributed by atoms with Crippen LogP contribution >= 0.6 is 0 Å². The van der Waals surface area contributed by atoms with E-state index >= 15 is 0 Å². The molecule has 0 saturated carbocycles. The Balaban J connectivity index is 2.04. The largest absolute Gasteiger partial charge is 0.473 e. The van der Waals surface area contributed by atoms with Crippen LogP contribution < -0.4 is 4.74 Å². The van der Waals surface area contributed by atoms with Crippen molar-refractivity contribution >= 4 is 6.21 Å². The quantitative estimate of drug-likeness (QED) is 0.509. The van der Waals surface area contributed by atoms with Gasteiger partial charge in [0, 0.05) is 11.6 Å². The summed E-state index contributed by atoms with van der Waals surface area (Å²) in [6.07, 6.45) is 1.35. The number of hydrogen-bond donors (Lipinski definition) is 1. The Morgan fingerprint density at radius 2 is 2.00 bits per heavy atom. The summed E-state index contributed by atoms with van der Waals surface area (Å²) >= 11 is 0. The number of hydrogen-bond acceptors (Lipinski definition) is 4. The molecule has 0 aliphatic carbocycles. The predicted molar refractivity (Wildman–Crippen MR) is 69.1 cm³/mol. The van der Waals surface area contributed by atoms with Crippen LogP contribution in [0.4, 0.5) is 0 Å². The molecule has 1 aromatic heterocycles. The molecule has 4 nitrogen and oxygen atoms in total. The van der Waals surface area contributed by atoms with E-state index in [0.29, 0.717) is 12.5 Å². The third-order valence-corrected chi connectivity index (χ3v) is 2.53. The van der Waals surface area contributed by atoms with Gasteiger partial charge < -0.3 is 9.94 Å². The summed E-state index contributed by atoms with van der Waals surface area (Å²) < 4.78 is 5.59. The average molecular weight is 242 g/mol. The van der Waals surface area contributed by atoms with Crippen LogP contribution in [0.5, 0.6) is 5.88 Å². The average Bonchev–Trinajstić information content (AvgIpc) is 2.41. The van der Waals surface area contributed by atoms with E-state index in [-0.39, 0.29) is 0 Å². The van der Waals surface area contributed by atoms with Crippen LogP contribution in [0.3, 0.4) is 0 Å². The zero-order chi connectivity index (χ0) is 12.8. The third kappa shape index (κ3) is 3.07. The normalized spacial score (nSPS) is 10.7. The summed E-state index contributed by atoms with van der Waals surface area (Å²) in [6, 6.07) is 13.5. The second kappa shape index (κ2) is 5.82. The van der Waals surface area contributed by atoms with Crippen molar-refractivity contribution in [2.24, 2.45) is 5.16 Å². The van der Waals surface area contributed by atoms with E-state index in [1.165, 1.54) is 6.21 Å². The fourth-order valence-electron chi connectivity index (χ4n) is 1.56. The molecule has 1 heterocycles. The Hall–Kier alpha value is -2.36. The van der Waals surface area contributed by atoms with Gasteiger partial charge in [-0.1, -0.05) is 35.5 Å². The van der Waals surface area contributed by atoms with E-state index in [1.807, 2.05) is 43.3 Å². The highest BCUT2D eigenvalue weighted by Crippen LogP contribution is 2.13. The highest BCUT2D eigenvalue weighted by Gasteiger charge is 2.01. The van der Waals surface area contributed by atoms with Crippen molar-refractivity contribution in [2.45, 2.75) is 13.5 Å². The lowest BCUT2D eigenvalue weighted by molar-refractivity contribution is 0.293. The van der Waals surface area contributed by atoms with Gasteiger partial charge in [-0.2, -0.15) is 0 Å². The van der Waals surface area contributed by atoms with Gasteiger partial charge in [0.25, 0.3) is 0 Å². The Bertz CT molecular complexity index is 539. The van der Waals surface area contributed by atoms with Crippen LogP contribution in [-0.4, -0.2) is 16.4 Å². The number of nitrogens with zero attached hydrogens (tertiary/aromatic N) is 2. The number of rotatable bonds is 4. The van der Waals surface area contributed by atoms with Gasteiger partial charge in [0.15, 0.2) is 0 Å². The van der Waals surface area contributed by atoms with Crippen LogP contribution in [0.1, 0.15) is 16.8 Å². The monoisotopic (exact) mass is 242 g/mol. The van der Waals surface area contributed by atoms with Gasteiger partial charge in [-0.25, -0.2) is 4.98 Å². The Kier molecular flexibility index (Phi) is 3.91. The highest BCUT2D eigenvalue weighted by atomic mass is 16.5. The second-order valence-corrected chi connectivity index (χ2v) is 3.84. The molecule has 18 heavy (non-hydrogen) atoms. The molecule has 1 aromatic carbocycles. The predicted octanol–water partition coefficient (Wildman–Crippen LogP) is 2.78. The van der Waals surface area contributed by atoms with Crippen LogP contribution in [0, 0.1) is 6.92 Å². The summed E-state index contributed by atoms with van der Waals surface area (Å²) in [6.45, 7) is 2.33. The first-order valence-corrected chi connectivity index (χ1v) is 5.61. The molecule has 0 aliphatic rings. The molecule has 0 unspecified atom stereocenters. The van der Waals surface area contributed by atoms with Crippen LogP contribution in [-0.2, 0) is 6.61 Å². The van der Waals surface area contributed by atoms with E-state index in [2.05, 4.69) is 10.1 Å². The molecule has 0 atom stereocenters. The standard InChI is InChI=1S/C14H14N2O2/c1-11-13(9-15-17)7-8-14(16-11)18-10-12-5-3-2-4-6-12/h2-9,17H,10H2,1H3/b15-9-. The van der Waals surface area contributed by atoms with Crippen molar-refractivity contribution in [3.8, 4) is 5.88 Å². The molecule has 2 aromatic rings. The maximum absolute atomic E-state index is 8.48. The minimum absolute atomic E-state index is 0.487. The number of pyridine rings is 1. The zero-order valence-corrected chi connectivity index (χ0v) is 10.1. The maximum Gasteiger partial charge on any atom is 0.213 e. The molecule has 1 N–H and O–H groups in total. The van der Waals surface area contributed by atoms with Gasteiger partial charge in [-0.15, -0.1) is 0 Å². The van der Waals surface area contributed by atoms with Crippen molar-refractivity contribution in [3.63, 3.8) is 0 Å². The molecule has 0 bridgehead atoms. The minimum atomic E-state index is 0.487. The van der Waals surface area contributed by atoms with Gasteiger partial charge in [-0.3, -0.25) is 0 Å². The lowest BCUT2D eigenvalue weighted by atomic mass is 10.2. The first-order chi connectivity index (χ1) is 8.79. The molecule has 0 aliphatic heterocycles. The summed E-state index contributed by atoms with van der Waals surface area (Å²) in [7, 11) is 0. The van der Waals surface area contributed by atoms with E-state index < -0.39 is 0 Å². The van der Waals surface area contributed by atoms with Gasteiger partial charge in [-0.05, 0) is 18.6 Å². The van der Waals surface area contributed by atoms with Crippen LogP contribution in [0.15, 0.2) is 47.6 Å². The topological polar surface area (TPSA) is 54.7 Å².